The Balaban J connectivity index is 1.98. The average Bonchev–Trinajstić information content (AvgIpc) is 2.43. The van der Waals surface area contributed by atoms with Crippen LogP contribution in [0.2, 0.25) is 0 Å². The van der Waals surface area contributed by atoms with Gasteiger partial charge in [0.25, 0.3) is 0 Å². The molecule has 4 nitrogen and oxygen atoms in total. The molecule has 110 valence electrons. The topological polar surface area (TPSA) is 72.0 Å². The Morgan fingerprint density at radius 1 is 1.24 bits per heavy atom. The summed E-state index contributed by atoms with van der Waals surface area (Å²) in [6.45, 7) is 4.39. The summed E-state index contributed by atoms with van der Waals surface area (Å²) in [6.07, 6.45) is 1.86. The fraction of sp³-hybridized carbons (Fsp3) is 0.294. The van der Waals surface area contributed by atoms with E-state index in [0.717, 1.165) is 24.1 Å². The molecule has 0 saturated heterocycles. The van der Waals surface area contributed by atoms with Crippen molar-refractivity contribution in [1.29, 1.82) is 5.41 Å². The minimum atomic E-state index is -0.00180. The van der Waals surface area contributed by atoms with Crippen LogP contribution >= 0.6 is 0 Å². The molecular formula is C17H21N3O. The number of ether oxygens (including phenoxy) is 1. The minimum Gasteiger partial charge on any atom is -0.477 e. The first-order chi connectivity index (χ1) is 10.1. The molecule has 0 fully saturated rings. The molecule has 1 aromatic heterocycles. The first-order valence-corrected chi connectivity index (χ1v) is 7.07. The van der Waals surface area contributed by atoms with Crippen LogP contribution in [0.4, 0.5) is 0 Å². The van der Waals surface area contributed by atoms with Gasteiger partial charge < -0.3 is 10.5 Å². The van der Waals surface area contributed by atoms with Gasteiger partial charge >= 0.3 is 0 Å². The molecule has 0 aliphatic rings. The number of benzene rings is 1. The molecule has 0 spiro atoms. The van der Waals surface area contributed by atoms with Crippen molar-refractivity contribution < 1.29 is 4.74 Å². The van der Waals surface area contributed by atoms with Crippen LogP contribution in [0, 0.1) is 19.3 Å². The predicted molar refractivity (Wildman–Crippen MR) is 85.0 cm³/mol. The third kappa shape index (κ3) is 4.05. The number of aromatic nitrogens is 1. The minimum absolute atomic E-state index is 0.00180. The Morgan fingerprint density at radius 3 is 2.62 bits per heavy atom. The second-order valence-electron chi connectivity index (χ2n) is 5.11. The third-order valence-electron chi connectivity index (χ3n) is 3.27. The van der Waals surface area contributed by atoms with Crippen molar-refractivity contribution in [2.75, 3.05) is 6.61 Å². The van der Waals surface area contributed by atoms with Crippen LogP contribution in [0.25, 0.3) is 0 Å². The zero-order valence-electron chi connectivity index (χ0n) is 12.5. The molecule has 0 aliphatic heterocycles. The smallest absolute Gasteiger partial charge is 0.224 e. The van der Waals surface area contributed by atoms with E-state index in [1.54, 1.807) is 0 Å². The number of pyridine rings is 1. The summed E-state index contributed by atoms with van der Waals surface area (Å²) in [6, 6.07) is 12.2. The lowest BCUT2D eigenvalue weighted by molar-refractivity contribution is 0.298. The lowest BCUT2D eigenvalue weighted by Gasteiger charge is -2.13. The molecule has 0 bridgehead atoms. The van der Waals surface area contributed by atoms with Crippen LogP contribution in [0.5, 0.6) is 5.88 Å². The van der Waals surface area contributed by atoms with Gasteiger partial charge in [0.1, 0.15) is 5.84 Å². The SMILES string of the molecule is Cc1cc(C)c(C(=N)N)c(OCCCc2ccccc2)n1. The highest BCUT2D eigenvalue weighted by Gasteiger charge is 2.12. The average molecular weight is 283 g/mol. The maximum absolute atomic E-state index is 7.66. The predicted octanol–water partition coefficient (Wildman–Crippen LogP) is 2.99. The summed E-state index contributed by atoms with van der Waals surface area (Å²) in [4.78, 5) is 4.36. The van der Waals surface area contributed by atoms with Gasteiger partial charge in [0.15, 0.2) is 0 Å². The fourth-order valence-electron chi connectivity index (χ4n) is 2.32. The van der Waals surface area contributed by atoms with E-state index in [1.165, 1.54) is 5.56 Å². The molecule has 0 unspecified atom stereocenters. The van der Waals surface area contributed by atoms with E-state index in [1.807, 2.05) is 38.1 Å². The van der Waals surface area contributed by atoms with E-state index in [9.17, 15) is 0 Å². The summed E-state index contributed by atoms with van der Waals surface area (Å²) in [5.41, 5.74) is 9.31. The Bertz CT molecular complexity index is 623. The zero-order valence-corrected chi connectivity index (χ0v) is 12.5. The highest BCUT2D eigenvalue weighted by atomic mass is 16.5. The molecule has 1 aromatic carbocycles. The van der Waals surface area contributed by atoms with Gasteiger partial charge in [-0.05, 0) is 43.9 Å². The maximum atomic E-state index is 7.66. The molecule has 0 amide bonds. The quantitative estimate of drug-likeness (QED) is 0.486. The van der Waals surface area contributed by atoms with Crippen molar-refractivity contribution in [2.24, 2.45) is 5.73 Å². The Morgan fingerprint density at radius 2 is 1.95 bits per heavy atom. The maximum Gasteiger partial charge on any atom is 0.224 e. The second-order valence-corrected chi connectivity index (χ2v) is 5.11. The molecular weight excluding hydrogens is 262 g/mol. The summed E-state index contributed by atoms with van der Waals surface area (Å²) >= 11 is 0. The van der Waals surface area contributed by atoms with Gasteiger partial charge in [-0.2, -0.15) is 0 Å². The zero-order chi connectivity index (χ0) is 15.2. The van der Waals surface area contributed by atoms with Crippen LogP contribution in [0.3, 0.4) is 0 Å². The largest absolute Gasteiger partial charge is 0.477 e. The van der Waals surface area contributed by atoms with E-state index in [-0.39, 0.29) is 5.84 Å². The van der Waals surface area contributed by atoms with Crippen LogP contribution in [0.15, 0.2) is 36.4 Å². The number of nitrogen functional groups attached to an aromatic ring is 1. The van der Waals surface area contributed by atoms with Gasteiger partial charge in [-0.1, -0.05) is 30.3 Å². The van der Waals surface area contributed by atoms with E-state index in [2.05, 4.69) is 17.1 Å². The van der Waals surface area contributed by atoms with Crippen molar-refractivity contribution in [2.45, 2.75) is 26.7 Å². The lowest BCUT2D eigenvalue weighted by Crippen LogP contribution is -2.16. The lowest BCUT2D eigenvalue weighted by atomic mass is 10.1. The van der Waals surface area contributed by atoms with E-state index < -0.39 is 0 Å². The third-order valence-corrected chi connectivity index (χ3v) is 3.27. The number of nitrogens with zero attached hydrogens (tertiary/aromatic N) is 1. The van der Waals surface area contributed by atoms with Crippen molar-refractivity contribution in [1.82, 2.24) is 4.98 Å². The highest BCUT2D eigenvalue weighted by Crippen LogP contribution is 2.20. The number of nitrogens with one attached hydrogen (secondary N) is 1. The monoisotopic (exact) mass is 283 g/mol. The number of rotatable bonds is 6. The number of aryl methyl sites for hydroxylation is 3. The molecule has 0 radical (unpaired) electrons. The van der Waals surface area contributed by atoms with Gasteiger partial charge in [-0.25, -0.2) is 4.98 Å². The molecule has 1 heterocycles. The van der Waals surface area contributed by atoms with Gasteiger partial charge in [0, 0.05) is 5.69 Å². The Labute approximate surface area is 125 Å². The van der Waals surface area contributed by atoms with Gasteiger partial charge in [0.05, 0.1) is 12.2 Å². The van der Waals surface area contributed by atoms with Gasteiger partial charge in [0.2, 0.25) is 5.88 Å². The van der Waals surface area contributed by atoms with Crippen molar-refractivity contribution in [3.63, 3.8) is 0 Å². The number of nitrogens with two attached hydrogens (primary N) is 1. The number of amidine groups is 1. The first kappa shape index (κ1) is 15.0. The Kier molecular flexibility index (Phi) is 4.93. The molecule has 0 saturated carbocycles. The highest BCUT2D eigenvalue weighted by molar-refractivity contribution is 5.98. The van der Waals surface area contributed by atoms with Crippen LogP contribution in [-0.2, 0) is 6.42 Å². The van der Waals surface area contributed by atoms with Gasteiger partial charge in [-0.15, -0.1) is 0 Å². The summed E-state index contributed by atoms with van der Waals surface area (Å²) in [5.74, 6) is 0.464. The molecule has 21 heavy (non-hydrogen) atoms. The molecule has 3 N–H and O–H groups in total. The van der Waals surface area contributed by atoms with E-state index >= 15 is 0 Å². The molecule has 4 heteroatoms. The van der Waals surface area contributed by atoms with E-state index in [4.69, 9.17) is 15.9 Å². The first-order valence-electron chi connectivity index (χ1n) is 7.07. The van der Waals surface area contributed by atoms with E-state index in [0.29, 0.717) is 18.1 Å². The van der Waals surface area contributed by atoms with Crippen LogP contribution in [-0.4, -0.2) is 17.4 Å². The van der Waals surface area contributed by atoms with Crippen molar-refractivity contribution in [3.05, 3.63) is 58.8 Å². The summed E-state index contributed by atoms with van der Waals surface area (Å²) < 4.78 is 5.75. The van der Waals surface area contributed by atoms with Crippen molar-refractivity contribution in [3.8, 4) is 5.88 Å². The number of hydrogen-bond acceptors (Lipinski definition) is 3. The summed E-state index contributed by atoms with van der Waals surface area (Å²) in [5, 5.41) is 7.66. The Hall–Kier alpha value is -2.36. The van der Waals surface area contributed by atoms with Crippen molar-refractivity contribution >= 4 is 5.84 Å². The number of hydrogen-bond donors (Lipinski definition) is 2. The van der Waals surface area contributed by atoms with Crippen LogP contribution in [0.1, 0.15) is 28.8 Å². The fourth-order valence-corrected chi connectivity index (χ4v) is 2.32. The normalized spacial score (nSPS) is 10.4. The van der Waals surface area contributed by atoms with Crippen LogP contribution < -0.4 is 10.5 Å². The molecule has 0 atom stereocenters. The molecule has 2 rings (SSSR count). The summed E-state index contributed by atoms with van der Waals surface area (Å²) in [7, 11) is 0. The van der Waals surface area contributed by atoms with Gasteiger partial charge in [-0.3, -0.25) is 5.41 Å². The molecule has 0 aliphatic carbocycles. The second kappa shape index (κ2) is 6.88. The standard InChI is InChI=1S/C17H21N3O/c1-12-11-13(2)20-17(15(12)16(18)19)21-10-6-9-14-7-4-3-5-8-14/h3-5,7-8,11H,6,9-10H2,1-2H3,(H3,18,19). The molecule has 2 aromatic rings.